The number of benzene rings is 1. The second-order valence-corrected chi connectivity index (χ2v) is 6.07. The minimum absolute atomic E-state index is 0.0356. The van der Waals surface area contributed by atoms with E-state index in [-0.39, 0.29) is 11.9 Å². The highest BCUT2D eigenvalue weighted by molar-refractivity contribution is 7.09. The van der Waals surface area contributed by atoms with Crippen LogP contribution in [0.3, 0.4) is 0 Å². The van der Waals surface area contributed by atoms with Crippen LogP contribution in [0.2, 0.25) is 0 Å². The van der Waals surface area contributed by atoms with Gasteiger partial charge < -0.3 is 10.6 Å². The highest BCUT2D eigenvalue weighted by Gasteiger charge is 2.12. The standard InChI is InChI=1S/C17H22N2OS/c1-3-14-6-4-7-15(12-14)19-13(2)17(20)18-10-9-16-8-5-11-21-16/h4-8,11-13,19H,3,9-10H2,1-2H3,(H,18,20). The van der Waals surface area contributed by atoms with Gasteiger partial charge in [0.1, 0.15) is 6.04 Å². The maximum Gasteiger partial charge on any atom is 0.242 e. The molecule has 1 aromatic carbocycles. The number of hydrogen-bond acceptors (Lipinski definition) is 3. The summed E-state index contributed by atoms with van der Waals surface area (Å²) in [5, 5.41) is 8.28. The van der Waals surface area contributed by atoms with E-state index in [0.29, 0.717) is 6.54 Å². The van der Waals surface area contributed by atoms with Gasteiger partial charge in [-0.05, 0) is 48.9 Å². The van der Waals surface area contributed by atoms with Crippen LogP contribution in [0.15, 0.2) is 41.8 Å². The van der Waals surface area contributed by atoms with Gasteiger partial charge in [0.2, 0.25) is 5.91 Å². The summed E-state index contributed by atoms with van der Waals surface area (Å²) in [5.74, 6) is 0.0356. The van der Waals surface area contributed by atoms with Crippen LogP contribution in [-0.4, -0.2) is 18.5 Å². The SMILES string of the molecule is CCc1cccc(NC(C)C(=O)NCCc2cccs2)c1. The van der Waals surface area contributed by atoms with Crippen LogP contribution in [0.5, 0.6) is 0 Å². The van der Waals surface area contributed by atoms with Crippen LogP contribution in [-0.2, 0) is 17.6 Å². The van der Waals surface area contributed by atoms with Gasteiger partial charge in [0.05, 0.1) is 0 Å². The lowest BCUT2D eigenvalue weighted by atomic mass is 10.1. The highest BCUT2D eigenvalue weighted by Crippen LogP contribution is 2.12. The Kier molecular flexibility index (Phi) is 5.81. The molecule has 1 amide bonds. The second kappa shape index (κ2) is 7.84. The van der Waals surface area contributed by atoms with Crippen LogP contribution >= 0.6 is 11.3 Å². The van der Waals surface area contributed by atoms with Gasteiger partial charge >= 0.3 is 0 Å². The molecular formula is C17H22N2OS. The molecule has 0 fully saturated rings. The fourth-order valence-corrected chi connectivity index (χ4v) is 2.82. The molecule has 0 saturated heterocycles. The fourth-order valence-electron chi connectivity index (χ4n) is 2.11. The van der Waals surface area contributed by atoms with Crippen molar-refractivity contribution >= 4 is 22.9 Å². The van der Waals surface area contributed by atoms with Gasteiger partial charge in [0.25, 0.3) is 0 Å². The first-order chi connectivity index (χ1) is 10.2. The maximum absolute atomic E-state index is 12.1. The average Bonchev–Trinajstić information content (AvgIpc) is 3.00. The van der Waals surface area contributed by atoms with Gasteiger partial charge in [-0.2, -0.15) is 0 Å². The molecule has 112 valence electrons. The van der Waals surface area contributed by atoms with Crippen molar-refractivity contribution in [2.75, 3.05) is 11.9 Å². The highest BCUT2D eigenvalue weighted by atomic mass is 32.1. The van der Waals surface area contributed by atoms with Crippen molar-refractivity contribution in [3.05, 3.63) is 52.2 Å². The van der Waals surface area contributed by atoms with E-state index in [0.717, 1.165) is 18.5 Å². The Bertz CT molecular complexity index is 566. The van der Waals surface area contributed by atoms with E-state index in [2.05, 4.69) is 41.1 Å². The number of anilines is 1. The van der Waals surface area contributed by atoms with Gasteiger partial charge in [-0.15, -0.1) is 11.3 Å². The number of carbonyl (C=O) groups is 1. The van der Waals surface area contributed by atoms with E-state index >= 15 is 0 Å². The zero-order valence-electron chi connectivity index (χ0n) is 12.6. The van der Waals surface area contributed by atoms with E-state index in [1.807, 2.05) is 25.1 Å². The molecule has 3 nitrogen and oxygen atoms in total. The second-order valence-electron chi connectivity index (χ2n) is 5.04. The van der Waals surface area contributed by atoms with Gasteiger partial charge in [-0.1, -0.05) is 25.1 Å². The molecule has 1 unspecified atom stereocenters. The van der Waals surface area contributed by atoms with Crippen molar-refractivity contribution < 1.29 is 4.79 Å². The van der Waals surface area contributed by atoms with E-state index in [1.54, 1.807) is 11.3 Å². The topological polar surface area (TPSA) is 41.1 Å². The molecule has 1 aromatic heterocycles. The summed E-state index contributed by atoms with van der Waals surface area (Å²) in [6, 6.07) is 12.1. The lowest BCUT2D eigenvalue weighted by molar-refractivity contribution is -0.121. The zero-order chi connectivity index (χ0) is 15.1. The predicted molar refractivity (Wildman–Crippen MR) is 89.9 cm³/mol. The quantitative estimate of drug-likeness (QED) is 0.822. The number of amides is 1. The van der Waals surface area contributed by atoms with E-state index < -0.39 is 0 Å². The number of rotatable bonds is 7. The molecule has 0 radical (unpaired) electrons. The van der Waals surface area contributed by atoms with E-state index in [4.69, 9.17) is 0 Å². The number of hydrogen-bond donors (Lipinski definition) is 2. The summed E-state index contributed by atoms with van der Waals surface area (Å²) in [5.41, 5.74) is 2.26. The van der Waals surface area contributed by atoms with Crippen molar-refractivity contribution in [3.8, 4) is 0 Å². The van der Waals surface area contributed by atoms with Crippen LogP contribution in [0.1, 0.15) is 24.3 Å². The molecule has 0 bridgehead atoms. The van der Waals surface area contributed by atoms with Crippen molar-refractivity contribution in [1.82, 2.24) is 5.32 Å². The van der Waals surface area contributed by atoms with Gasteiger partial charge in [0, 0.05) is 17.1 Å². The van der Waals surface area contributed by atoms with Crippen LogP contribution in [0.25, 0.3) is 0 Å². The third kappa shape index (κ3) is 4.90. The van der Waals surface area contributed by atoms with Gasteiger partial charge in [0.15, 0.2) is 0 Å². The van der Waals surface area contributed by atoms with Crippen LogP contribution in [0.4, 0.5) is 5.69 Å². The zero-order valence-corrected chi connectivity index (χ0v) is 13.4. The molecule has 0 saturated carbocycles. The van der Waals surface area contributed by atoms with Crippen molar-refractivity contribution in [1.29, 1.82) is 0 Å². The lowest BCUT2D eigenvalue weighted by Crippen LogP contribution is -2.38. The Balaban J connectivity index is 1.78. The summed E-state index contributed by atoms with van der Waals surface area (Å²) < 4.78 is 0. The Morgan fingerprint density at radius 1 is 1.29 bits per heavy atom. The molecule has 2 rings (SSSR count). The molecule has 2 N–H and O–H groups in total. The predicted octanol–water partition coefficient (Wildman–Crippen LogP) is 3.47. The number of carbonyl (C=O) groups excluding carboxylic acids is 1. The molecular weight excluding hydrogens is 280 g/mol. The van der Waals surface area contributed by atoms with E-state index in [9.17, 15) is 4.79 Å². The van der Waals surface area contributed by atoms with Gasteiger partial charge in [-0.25, -0.2) is 0 Å². The smallest absolute Gasteiger partial charge is 0.242 e. The molecule has 0 aliphatic carbocycles. The molecule has 1 atom stereocenters. The molecule has 0 aliphatic heterocycles. The summed E-state index contributed by atoms with van der Waals surface area (Å²) >= 11 is 1.72. The molecule has 4 heteroatoms. The average molecular weight is 302 g/mol. The molecule has 1 heterocycles. The Hall–Kier alpha value is -1.81. The number of aryl methyl sites for hydroxylation is 1. The minimum atomic E-state index is -0.236. The number of thiophene rings is 1. The summed E-state index contributed by atoms with van der Waals surface area (Å²) in [6.07, 6.45) is 1.89. The molecule has 0 spiro atoms. The Labute approximate surface area is 130 Å². The number of nitrogens with one attached hydrogen (secondary N) is 2. The lowest BCUT2D eigenvalue weighted by Gasteiger charge is -2.15. The normalized spacial score (nSPS) is 11.9. The van der Waals surface area contributed by atoms with E-state index in [1.165, 1.54) is 10.4 Å². The first-order valence-electron chi connectivity index (χ1n) is 7.34. The molecule has 0 aliphatic rings. The summed E-state index contributed by atoms with van der Waals surface area (Å²) in [7, 11) is 0. The first-order valence-corrected chi connectivity index (χ1v) is 8.22. The molecule has 2 aromatic rings. The summed E-state index contributed by atoms with van der Waals surface area (Å²) in [6.45, 7) is 4.69. The third-order valence-corrected chi connectivity index (χ3v) is 4.30. The minimum Gasteiger partial charge on any atom is -0.374 e. The fraction of sp³-hybridized carbons (Fsp3) is 0.353. The Morgan fingerprint density at radius 2 is 2.14 bits per heavy atom. The summed E-state index contributed by atoms with van der Waals surface area (Å²) in [4.78, 5) is 13.4. The maximum atomic E-state index is 12.1. The largest absolute Gasteiger partial charge is 0.374 e. The van der Waals surface area contributed by atoms with Crippen molar-refractivity contribution in [2.45, 2.75) is 32.7 Å². The van der Waals surface area contributed by atoms with Crippen LogP contribution in [0, 0.1) is 0 Å². The molecule has 21 heavy (non-hydrogen) atoms. The van der Waals surface area contributed by atoms with Crippen molar-refractivity contribution in [3.63, 3.8) is 0 Å². The van der Waals surface area contributed by atoms with Crippen LogP contribution < -0.4 is 10.6 Å². The third-order valence-electron chi connectivity index (χ3n) is 3.36. The monoisotopic (exact) mass is 302 g/mol. The Morgan fingerprint density at radius 3 is 2.86 bits per heavy atom. The van der Waals surface area contributed by atoms with Gasteiger partial charge in [-0.3, -0.25) is 4.79 Å². The first kappa shape index (κ1) is 15.6. The van der Waals surface area contributed by atoms with Crippen molar-refractivity contribution in [2.24, 2.45) is 0 Å².